The average Bonchev–Trinajstić information content (AvgIpc) is 2.48. The third-order valence-electron chi connectivity index (χ3n) is 2.89. The molecule has 0 aliphatic carbocycles. The Morgan fingerprint density at radius 1 is 0.955 bits per heavy atom. The van der Waals surface area contributed by atoms with Crippen molar-refractivity contribution in [2.45, 2.75) is 19.2 Å². The molecule has 0 aliphatic heterocycles. The fraction of sp³-hybridized carbons (Fsp3) is 0.176. The first-order valence-electron chi connectivity index (χ1n) is 6.65. The van der Waals surface area contributed by atoms with Gasteiger partial charge in [0.05, 0.1) is 0 Å². The molecule has 0 heterocycles. The summed E-state index contributed by atoms with van der Waals surface area (Å²) in [6.45, 7) is 2.68. The molecule has 5 heteroatoms. The van der Waals surface area contributed by atoms with E-state index in [0.29, 0.717) is 17.1 Å². The van der Waals surface area contributed by atoms with Crippen LogP contribution >= 0.6 is 15.9 Å². The first kappa shape index (κ1) is 16.2. The molecule has 114 valence electrons. The van der Waals surface area contributed by atoms with E-state index in [1.165, 1.54) is 13.8 Å². The fourth-order valence-electron chi connectivity index (χ4n) is 1.98. The molecule has 0 saturated heterocycles. The Bertz CT molecular complexity index is 692. The number of ether oxygens (including phenoxy) is 2. The van der Waals surface area contributed by atoms with Crippen LogP contribution in [0.3, 0.4) is 0 Å². The molecule has 0 radical (unpaired) electrons. The average molecular weight is 363 g/mol. The topological polar surface area (TPSA) is 52.6 Å². The van der Waals surface area contributed by atoms with Crippen LogP contribution in [-0.4, -0.2) is 11.9 Å². The summed E-state index contributed by atoms with van der Waals surface area (Å²) in [4.78, 5) is 22.3. The molecule has 0 aliphatic rings. The van der Waals surface area contributed by atoms with Crippen LogP contribution in [0.1, 0.15) is 19.4 Å². The van der Waals surface area contributed by atoms with Gasteiger partial charge in [-0.05, 0) is 29.3 Å². The van der Waals surface area contributed by atoms with Crippen LogP contribution < -0.4 is 9.47 Å². The molecule has 2 aromatic rings. The second kappa shape index (κ2) is 7.22. The molecule has 4 nitrogen and oxygen atoms in total. The zero-order chi connectivity index (χ0) is 16.1. The normalized spacial score (nSPS) is 10.1. The third kappa shape index (κ3) is 4.18. The summed E-state index contributed by atoms with van der Waals surface area (Å²) in [7, 11) is 0. The first-order valence-corrected chi connectivity index (χ1v) is 7.78. The highest BCUT2D eigenvalue weighted by Gasteiger charge is 2.11. The smallest absolute Gasteiger partial charge is 0.308 e. The lowest BCUT2D eigenvalue weighted by atomic mass is 10.0. The summed E-state index contributed by atoms with van der Waals surface area (Å²) in [5.74, 6) is 0.0253. The Kier molecular flexibility index (Phi) is 5.33. The standard InChI is InChI=1S/C17H15BrO4/c1-11(19)21-15-7-8-17(22-12(2)20)16(9-15)14-5-3-13(10-18)4-6-14/h3-9H,10H2,1-2H3. The highest BCUT2D eigenvalue weighted by atomic mass is 79.9. The minimum absolute atomic E-state index is 0.402. The number of alkyl halides is 1. The third-order valence-corrected chi connectivity index (χ3v) is 3.53. The molecule has 0 bridgehead atoms. The van der Waals surface area contributed by atoms with Crippen LogP contribution in [0.25, 0.3) is 11.1 Å². The van der Waals surface area contributed by atoms with Crippen molar-refractivity contribution in [1.82, 2.24) is 0 Å². The van der Waals surface area contributed by atoms with Crippen molar-refractivity contribution in [2.24, 2.45) is 0 Å². The van der Waals surface area contributed by atoms with E-state index in [1.807, 2.05) is 24.3 Å². The first-order chi connectivity index (χ1) is 10.5. The van der Waals surface area contributed by atoms with Crippen LogP contribution in [0.15, 0.2) is 42.5 Å². The van der Waals surface area contributed by atoms with Crippen molar-refractivity contribution in [3.8, 4) is 22.6 Å². The molecule has 0 saturated carbocycles. The summed E-state index contributed by atoms with van der Waals surface area (Å²) in [6.07, 6.45) is 0. The summed E-state index contributed by atoms with van der Waals surface area (Å²) in [6, 6.07) is 12.7. The predicted molar refractivity (Wildman–Crippen MR) is 87.1 cm³/mol. The van der Waals surface area contributed by atoms with E-state index < -0.39 is 11.9 Å². The lowest BCUT2D eigenvalue weighted by molar-refractivity contribution is -0.133. The number of carbonyl (C=O) groups is 2. The molecule has 0 N–H and O–H groups in total. The maximum absolute atomic E-state index is 11.2. The molecule has 0 amide bonds. The molecule has 2 aromatic carbocycles. The minimum Gasteiger partial charge on any atom is -0.427 e. The van der Waals surface area contributed by atoms with Crippen molar-refractivity contribution >= 4 is 27.9 Å². The molecule has 0 fully saturated rings. The van der Waals surface area contributed by atoms with Crippen molar-refractivity contribution in [3.63, 3.8) is 0 Å². The van der Waals surface area contributed by atoms with Gasteiger partial charge in [-0.15, -0.1) is 0 Å². The molecular formula is C17H15BrO4. The summed E-state index contributed by atoms with van der Waals surface area (Å²) in [5.41, 5.74) is 2.69. The van der Waals surface area contributed by atoms with E-state index in [2.05, 4.69) is 15.9 Å². The summed E-state index contributed by atoms with van der Waals surface area (Å²) in [5, 5.41) is 0.761. The molecular weight excluding hydrogens is 348 g/mol. The van der Waals surface area contributed by atoms with E-state index in [9.17, 15) is 9.59 Å². The van der Waals surface area contributed by atoms with Gasteiger partial charge >= 0.3 is 11.9 Å². The van der Waals surface area contributed by atoms with Gasteiger partial charge in [0.15, 0.2) is 0 Å². The quantitative estimate of drug-likeness (QED) is 0.466. The van der Waals surface area contributed by atoms with E-state index in [1.54, 1.807) is 18.2 Å². The van der Waals surface area contributed by atoms with E-state index in [-0.39, 0.29) is 0 Å². The second-order valence-electron chi connectivity index (χ2n) is 4.68. The number of esters is 2. The molecule has 0 unspecified atom stereocenters. The maximum Gasteiger partial charge on any atom is 0.308 e. The van der Waals surface area contributed by atoms with Gasteiger partial charge in [0.1, 0.15) is 11.5 Å². The number of benzene rings is 2. The highest BCUT2D eigenvalue weighted by molar-refractivity contribution is 9.08. The Morgan fingerprint density at radius 3 is 2.14 bits per heavy atom. The Morgan fingerprint density at radius 2 is 1.59 bits per heavy atom. The maximum atomic E-state index is 11.2. The van der Waals surface area contributed by atoms with Crippen molar-refractivity contribution < 1.29 is 19.1 Å². The number of hydrogen-bond donors (Lipinski definition) is 0. The predicted octanol–water partition coefficient (Wildman–Crippen LogP) is 4.10. The number of rotatable bonds is 4. The fourth-order valence-corrected chi connectivity index (χ4v) is 2.36. The van der Waals surface area contributed by atoms with Gasteiger partial charge in [0, 0.05) is 24.7 Å². The Hall–Kier alpha value is -2.14. The molecule has 0 atom stereocenters. The van der Waals surface area contributed by atoms with Crippen molar-refractivity contribution in [2.75, 3.05) is 0 Å². The lowest BCUT2D eigenvalue weighted by Crippen LogP contribution is -2.04. The van der Waals surface area contributed by atoms with Crippen LogP contribution in [0.5, 0.6) is 11.5 Å². The Labute approximate surface area is 137 Å². The van der Waals surface area contributed by atoms with Gasteiger partial charge in [-0.25, -0.2) is 0 Å². The molecule has 22 heavy (non-hydrogen) atoms. The zero-order valence-corrected chi connectivity index (χ0v) is 13.8. The van der Waals surface area contributed by atoms with Crippen molar-refractivity contribution in [1.29, 1.82) is 0 Å². The van der Waals surface area contributed by atoms with Gasteiger partial charge < -0.3 is 9.47 Å². The summed E-state index contributed by atoms with van der Waals surface area (Å²) >= 11 is 3.40. The van der Waals surface area contributed by atoms with Crippen LogP contribution in [0, 0.1) is 0 Å². The molecule has 2 rings (SSSR count). The highest BCUT2D eigenvalue weighted by Crippen LogP contribution is 2.34. The van der Waals surface area contributed by atoms with Crippen molar-refractivity contribution in [3.05, 3.63) is 48.0 Å². The Balaban J connectivity index is 2.46. The number of halogens is 1. The SMILES string of the molecule is CC(=O)Oc1ccc(OC(C)=O)c(-c2ccc(CBr)cc2)c1. The zero-order valence-electron chi connectivity index (χ0n) is 12.3. The monoisotopic (exact) mass is 362 g/mol. The van der Waals surface area contributed by atoms with E-state index in [0.717, 1.165) is 16.5 Å². The van der Waals surface area contributed by atoms with Gasteiger partial charge in [0.2, 0.25) is 0 Å². The summed E-state index contributed by atoms with van der Waals surface area (Å²) < 4.78 is 10.3. The molecule has 0 aromatic heterocycles. The van der Waals surface area contributed by atoms with Gasteiger partial charge in [-0.2, -0.15) is 0 Å². The van der Waals surface area contributed by atoms with Crippen LogP contribution in [0.2, 0.25) is 0 Å². The van der Waals surface area contributed by atoms with Gasteiger partial charge in [-0.1, -0.05) is 40.2 Å². The van der Waals surface area contributed by atoms with Gasteiger partial charge in [-0.3, -0.25) is 9.59 Å². The molecule has 0 spiro atoms. The second-order valence-corrected chi connectivity index (χ2v) is 5.24. The largest absolute Gasteiger partial charge is 0.427 e. The van der Waals surface area contributed by atoms with Gasteiger partial charge in [0.25, 0.3) is 0 Å². The number of hydrogen-bond acceptors (Lipinski definition) is 4. The van der Waals surface area contributed by atoms with E-state index in [4.69, 9.17) is 9.47 Å². The lowest BCUT2D eigenvalue weighted by Gasteiger charge is -2.11. The minimum atomic E-state index is -0.404. The van der Waals surface area contributed by atoms with Crippen LogP contribution in [0.4, 0.5) is 0 Å². The number of carbonyl (C=O) groups excluding carboxylic acids is 2. The van der Waals surface area contributed by atoms with Crippen LogP contribution in [-0.2, 0) is 14.9 Å². The van der Waals surface area contributed by atoms with E-state index >= 15 is 0 Å².